The average molecular weight is 368 g/mol. The molecule has 1 amide bonds. The van der Waals surface area contributed by atoms with Crippen LogP contribution >= 0.6 is 0 Å². The monoisotopic (exact) mass is 368 g/mol. The van der Waals surface area contributed by atoms with Crippen LogP contribution in [0.25, 0.3) is 0 Å². The van der Waals surface area contributed by atoms with Gasteiger partial charge in [-0.3, -0.25) is 4.79 Å². The third-order valence-corrected chi connectivity index (χ3v) is 4.55. The molecular formula is C21H21FN2O3. The number of hydrogen-bond donors (Lipinski definition) is 1. The van der Waals surface area contributed by atoms with E-state index in [1.54, 1.807) is 30.3 Å². The molecule has 0 heterocycles. The number of nitrogens with one attached hydrogen (secondary N) is 1. The van der Waals surface area contributed by atoms with Crippen LogP contribution in [-0.4, -0.2) is 18.1 Å². The maximum atomic E-state index is 13.6. The maximum absolute atomic E-state index is 13.6. The van der Waals surface area contributed by atoms with E-state index < -0.39 is 11.8 Å². The van der Waals surface area contributed by atoms with Gasteiger partial charge in [0.1, 0.15) is 11.6 Å². The van der Waals surface area contributed by atoms with Crippen molar-refractivity contribution >= 4 is 18.1 Å². The summed E-state index contributed by atoms with van der Waals surface area (Å²) in [5.41, 5.74) is 3.20. The summed E-state index contributed by atoms with van der Waals surface area (Å²) in [6.45, 7) is 0. The third kappa shape index (κ3) is 5.23. The number of esters is 1. The number of rotatable bonds is 5. The van der Waals surface area contributed by atoms with E-state index in [2.05, 4.69) is 10.5 Å². The zero-order valence-corrected chi connectivity index (χ0v) is 14.9. The van der Waals surface area contributed by atoms with Gasteiger partial charge < -0.3 is 4.74 Å². The quantitative estimate of drug-likeness (QED) is 0.374. The molecule has 0 unspecified atom stereocenters. The summed E-state index contributed by atoms with van der Waals surface area (Å²) in [5.74, 6) is -1.07. The van der Waals surface area contributed by atoms with Gasteiger partial charge in [0.25, 0.3) is 0 Å². The summed E-state index contributed by atoms with van der Waals surface area (Å²) in [5, 5.41) is 3.98. The van der Waals surface area contributed by atoms with Crippen molar-refractivity contribution in [2.24, 2.45) is 11.0 Å². The molecule has 0 atom stereocenters. The number of hydrogen-bond acceptors (Lipinski definition) is 4. The molecule has 5 nitrogen and oxygen atoms in total. The molecule has 2 aromatic carbocycles. The second-order valence-corrected chi connectivity index (χ2v) is 6.51. The Morgan fingerprint density at radius 3 is 2.44 bits per heavy atom. The molecule has 1 N–H and O–H groups in total. The van der Waals surface area contributed by atoms with E-state index in [9.17, 15) is 14.0 Å². The Hall–Kier alpha value is -3.02. The zero-order valence-electron chi connectivity index (χ0n) is 14.9. The van der Waals surface area contributed by atoms with Crippen LogP contribution in [0.1, 0.15) is 48.0 Å². The Morgan fingerprint density at radius 1 is 1.04 bits per heavy atom. The zero-order chi connectivity index (χ0) is 19.1. The molecule has 0 bridgehead atoms. The van der Waals surface area contributed by atoms with Gasteiger partial charge in [0.2, 0.25) is 5.91 Å². The molecule has 0 radical (unpaired) electrons. The van der Waals surface area contributed by atoms with Crippen LogP contribution in [0.2, 0.25) is 0 Å². The lowest BCUT2D eigenvalue weighted by Gasteiger charge is -2.19. The Labute approximate surface area is 157 Å². The summed E-state index contributed by atoms with van der Waals surface area (Å²) >= 11 is 0. The van der Waals surface area contributed by atoms with Crippen molar-refractivity contribution in [3.05, 3.63) is 65.5 Å². The largest absolute Gasteiger partial charge is 0.423 e. The van der Waals surface area contributed by atoms with Crippen LogP contribution < -0.4 is 10.2 Å². The van der Waals surface area contributed by atoms with Gasteiger partial charge in [0.15, 0.2) is 0 Å². The summed E-state index contributed by atoms with van der Waals surface area (Å²) in [6, 6.07) is 12.2. The van der Waals surface area contributed by atoms with Gasteiger partial charge in [-0.25, -0.2) is 14.6 Å². The number of hydrazone groups is 1. The fourth-order valence-electron chi connectivity index (χ4n) is 3.04. The van der Waals surface area contributed by atoms with Crippen LogP contribution in [0.5, 0.6) is 5.75 Å². The van der Waals surface area contributed by atoms with E-state index in [0.29, 0.717) is 5.75 Å². The van der Waals surface area contributed by atoms with Gasteiger partial charge >= 0.3 is 5.97 Å². The van der Waals surface area contributed by atoms with Gasteiger partial charge in [-0.15, -0.1) is 0 Å². The first-order valence-corrected chi connectivity index (χ1v) is 9.03. The van der Waals surface area contributed by atoms with Crippen molar-refractivity contribution in [3.8, 4) is 5.75 Å². The normalized spacial score (nSPS) is 14.9. The van der Waals surface area contributed by atoms with E-state index in [4.69, 9.17) is 4.74 Å². The van der Waals surface area contributed by atoms with Crippen LogP contribution in [0.3, 0.4) is 0 Å². The lowest BCUT2D eigenvalue weighted by Crippen LogP contribution is -2.28. The Morgan fingerprint density at radius 2 is 1.74 bits per heavy atom. The number of benzene rings is 2. The van der Waals surface area contributed by atoms with Crippen molar-refractivity contribution in [1.82, 2.24) is 5.43 Å². The number of halogens is 1. The maximum Gasteiger partial charge on any atom is 0.346 e. The standard InChI is InChI=1S/C21H21FN2O3/c22-19-9-5-4-8-18(19)21(26)27-17-12-10-15(11-13-17)14-23-24-20(25)16-6-2-1-3-7-16/h4-5,8-14,16H,1-3,6-7H2,(H,24,25)/b23-14-. The molecule has 1 aliphatic carbocycles. The molecule has 1 saturated carbocycles. The summed E-state index contributed by atoms with van der Waals surface area (Å²) in [7, 11) is 0. The van der Waals surface area contributed by atoms with E-state index in [1.807, 2.05) is 0 Å². The highest BCUT2D eigenvalue weighted by Gasteiger charge is 2.20. The highest BCUT2D eigenvalue weighted by Crippen LogP contribution is 2.23. The third-order valence-electron chi connectivity index (χ3n) is 4.55. The highest BCUT2D eigenvalue weighted by molar-refractivity contribution is 5.91. The fourth-order valence-corrected chi connectivity index (χ4v) is 3.04. The molecule has 0 saturated heterocycles. The molecule has 0 aromatic heterocycles. The molecule has 140 valence electrons. The molecule has 2 aromatic rings. The molecule has 0 spiro atoms. The van der Waals surface area contributed by atoms with Gasteiger partial charge in [-0.1, -0.05) is 31.4 Å². The van der Waals surface area contributed by atoms with Crippen molar-refractivity contribution in [1.29, 1.82) is 0 Å². The van der Waals surface area contributed by atoms with Crippen LogP contribution in [0, 0.1) is 11.7 Å². The minimum Gasteiger partial charge on any atom is -0.423 e. The Bertz CT molecular complexity index is 828. The minimum atomic E-state index is -0.755. The number of nitrogens with zero attached hydrogens (tertiary/aromatic N) is 1. The lowest BCUT2D eigenvalue weighted by atomic mass is 9.89. The molecule has 1 fully saturated rings. The fraction of sp³-hybridized carbons (Fsp3) is 0.286. The van der Waals surface area contributed by atoms with Crippen molar-refractivity contribution in [2.45, 2.75) is 32.1 Å². The molecule has 3 rings (SSSR count). The van der Waals surface area contributed by atoms with Crippen LogP contribution in [0.15, 0.2) is 53.6 Å². The van der Waals surface area contributed by atoms with E-state index >= 15 is 0 Å². The highest BCUT2D eigenvalue weighted by atomic mass is 19.1. The molecule has 6 heteroatoms. The van der Waals surface area contributed by atoms with Crippen molar-refractivity contribution in [2.75, 3.05) is 0 Å². The topological polar surface area (TPSA) is 67.8 Å². The number of carbonyl (C=O) groups excluding carboxylic acids is 2. The summed E-state index contributed by atoms with van der Waals surface area (Å²) in [4.78, 5) is 24.0. The average Bonchev–Trinajstić information content (AvgIpc) is 2.70. The molecule has 27 heavy (non-hydrogen) atoms. The first kappa shape index (κ1) is 18.8. The predicted molar refractivity (Wildman–Crippen MR) is 100 cm³/mol. The SMILES string of the molecule is O=C(Oc1ccc(/C=N\NC(=O)C2CCCCC2)cc1)c1ccccc1F. The van der Waals surface area contributed by atoms with Crippen LogP contribution in [0.4, 0.5) is 4.39 Å². The smallest absolute Gasteiger partial charge is 0.346 e. The number of ether oxygens (including phenoxy) is 1. The van der Waals surface area contributed by atoms with Gasteiger partial charge in [-0.05, 0) is 54.8 Å². The van der Waals surface area contributed by atoms with E-state index in [-0.39, 0.29) is 17.4 Å². The first-order chi connectivity index (χ1) is 13.1. The van der Waals surface area contributed by atoms with Crippen LogP contribution in [-0.2, 0) is 4.79 Å². The lowest BCUT2D eigenvalue weighted by molar-refractivity contribution is -0.125. The minimum absolute atomic E-state index is 0.0404. The second kappa shape index (κ2) is 9.07. The number of carbonyl (C=O) groups is 2. The van der Waals surface area contributed by atoms with Crippen molar-refractivity contribution in [3.63, 3.8) is 0 Å². The molecule has 0 aliphatic heterocycles. The van der Waals surface area contributed by atoms with E-state index in [0.717, 1.165) is 31.2 Å². The summed E-state index contributed by atoms with van der Waals surface area (Å²) in [6.07, 6.45) is 6.75. The van der Waals surface area contributed by atoms with Gasteiger partial charge in [-0.2, -0.15) is 5.10 Å². The summed E-state index contributed by atoms with van der Waals surface area (Å²) < 4.78 is 18.8. The molecular weight excluding hydrogens is 347 g/mol. The van der Waals surface area contributed by atoms with Crippen molar-refractivity contribution < 1.29 is 18.7 Å². The predicted octanol–water partition coefficient (Wildman–Crippen LogP) is 4.08. The Balaban J connectivity index is 1.53. The second-order valence-electron chi connectivity index (χ2n) is 6.51. The number of amides is 1. The Kier molecular flexibility index (Phi) is 6.30. The molecule has 1 aliphatic rings. The van der Waals surface area contributed by atoms with Gasteiger partial charge in [0, 0.05) is 5.92 Å². The van der Waals surface area contributed by atoms with E-state index in [1.165, 1.54) is 30.8 Å². The van der Waals surface area contributed by atoms with Gasteiger partial charge in [0.05, 0.1) is 11.8 Å². The first-order valence-electron chi connectivity index (χ1n) is 9.03.